The first-order chi connectivity index (χ1) is 14.1. The lowest BCUT2D eigenvalue weighted by atomic mass is 10.2. The van der Waals surface area contributed by atoms with Crippen molar-refractivity contribution < 1.29 is 4.39 Å². The van der Waals surface area contributed by atoms with Gasteiger partial charge in [-0.25, -0.2) is 19.0 Å². The monoisotopic (exact) mass is 389 g/mol. The molecule has 0 saturated carbocycles. The van der Waals surface area contributed by atoms with Gasteiger partial charge in [-0.15, -0.1) is 5.10 Å². The molecule has 0 amide bonds. The smallest absolute Gasteiger partial charge is 0.148 e. The summed E-state index contributed by atoms with van der Waals surface area (Å²) in [5.41, 5.74) is 9.32. The van der Waals surface area contributed by atoms with E-state index < -0.39 is 0 Å². The maximum atomic E-state index is 14.1. The normalized spacial score (nSPS) is 12.5. The van der Waals surface area contributed by atoms with E-state index in [4.69, 9.17) is 5.73 Å². The molecule has 3 N–H and O–H groups in total. The summed E-state index contributed by atoms with van der Waals surface area (Å²) in [4.78, 5) is 8.54. The third kappa shape index (κ3) is 2.73. The van der Waals surface area contributed by atoms with Gasteiger partial charge in [0.25, 0.3) is 0 Å². The van der Waals surface area contributed by atoms with E-state index in [1.54, 1.807) is 30.6 Å². The molecule has 10 heteroatoms. The van der Waals surface area contributed by atoms with Crippen LogP contribution in [-0.2, 0) is 0 Å². The first kappa shape index (κ1) is 17.0. The summed E-state index contributed by atoms with van der Waals surface area (Å²) in [6.07, 6.45) is 6.78. The van der Waals surface area contributed by atoms with Gasteiger partial charge >= 0.3 is 0 Å². The molecule has 0 spiro atoms. The molecule has 0 radical (unpaired) electrons. The first-order valence-electron chi connectivity index (χ1n) is 8.92. The molecule has 1 unspecified atom stereocenters. The van der Waals surface area contributed by atoms with Crippen molar-refractivity contribution in [3.8, 4) is 16.9 Å². The number of nitrogen functional groups attached to an aromatic ring is 1. The number of nitrogens with two attached hydrogens (primary N) is 1. The van der Waals surface area contributed by atoms with Gasteiger partial charge < -0.3 is 10.3 Å². The fourth-order valence-electron chi connectivity index (χ4n) is 3.37. The van der Waals surface area contributed by atoms with Crippen LogP contribution < -0.4 is 5.73 Å². The number of hydrogen-bond acceptors (Lipinski definition) is 6. The van der Waals surface area contributed by atoms with Crippen molar-refractivity contribution >= 4 is 16.9 Å². The molecule has 4 heterocycles. The van der Waals surface area contributed by atoms with Gasteiger partial charge in [0, 0.05) is 18.0 Å². The minimum atomic E-state index is -0.371. The van der Waals surface area contributed by atoms with Gasteiger partial charge in [0.2, 0.25) is 0 Å². The second-order valence-electron chi connectivity index (χ2n) is 6.58. The Bertz CT molecular complexity index is 1300. The van der Waals surface area contributed by atoms with Gasteiger partial charge in [-0.05, 0) is 25.1 Å². The molecule has 9 nitrogen and oxygen atoms in total. The summed E-state index contributed by atoms with van der Waals surface area (Å²) < 4.78 is 17.4. The van der Waals surface area contributed by atoms with Gasteiger partial charge in [-0.3, -0.25) is 5.10 Å². The number of nitrogens with one attached hydrogen (secondary N) is 1. The predicted octanol–water partition coefficient (Wildman–Crippen LogP) is 2.73. The summed E-state index contributed by atoms with van der Waals surface area (Å²) in [6.45, 7) is 1.96. The summed E-state index contributed by atoms with van der Waals surface area (Å²) in [5, 5.41) is 16.1. The summed E-state index contributed by atoms with van der Waals surface area (Å²) in [6, 6.07) is 8.03. The number of halogens is 1. The van der Waals surface area contributed by atoms with E-state index in [-0.39, 0.29) is 11.9 Å². The van der Waals surface area contributed by atoms with Crippen LogP contribution in [-0.4, -0.2) is 39.7 Å². The molecule has 1 aromatic carbocycles. The van der Waals surface area contributed by atoms with Gasteiger partial charge in [0.05, 0.1) is 23.3 Å². The van der Waals surface area contributed by atoms with Crippen molar-refractivity contribution in [3.63, 3.8) is 0 Å². The van der Waals surface area contributed by atoms with Crippen LogP contribution in [0.4, 0.5) is 10.2 Å². The molecule has 0 bridgehead atoms. The topological polar surface area (TPSA) is 116 Å². The van der Waals surface area contributed by atoms with E-state index in [1.807, 2.05) is 23.8 Å². The molecule has 0 fully saturated rings. The van der Waals surface area contributed by atoms with Crippen LogP contribution in [0, 0.1) is 5.82 Å². The van der Waals surface area contributed by atoms with Gasteiger partial charge in [-0.2, -0.15) is 5.10 Å². The van der Waals surface area contributed by atoms with E-state index in [9.17, 15) is 4.39 Å². The Morgan fingerprint density at radius 3 is 2.79 bits per heavy atom. The van der Waals surface area contributed by atoms with Crippen molar-refractivity contribution in [1.82, 2.24) is 39.7 Å². The molecule has 29 heavy (non-hydrogen) atoms. The molecule has 5 rings (SSSR count). The van der Waals surface area contributed by atoms with E-state index >= 15 is 0 Å². The van der Waals surface area contributed by atoms with E-state index in [0.717, 1.165) is 11.3 Å². The van der Waals surface area contributed by atoms with Crippen molar-refractivity contribution in [1.29, 1.82) is 0 Å². The van der Waals surface area contributed by atoms with Gasteiger partial charge in [-0.1, -0.05) is 17.3 Å². The van der Waals surface area contributed by atoms with E-state index in [1.165, 1.54) is 17.1 Å². The van der Waals surface area contributed by atoms with Crippen LogP contribution in [0.1, 0.15) is 18.7 Å². The number of benzene rings is 1. The van der Waals surface area contributed by atoms with Crippen LogP contribution in [0.25, 0.3) is 28.0 Å². The van der Waals surface area contributed by atoms with E-state index in [0.29, 0.717) is 28.2 Å². The Balaban J connectivity index is 1.62. The number of rotatable bonds is 4. The Morgan fingerprint density at radius 1 is 1.14 bits per heavy atom. The fourth-order valence-corrected chi connectivity index (χ4v) is 3.37. The maximum absolute atomic E-state index is 14.1. The molecule has 1 atom stereocenters. The lowest BCUT2D eigenvalue weighted by molar-refractivity contribution is 0.607. The molecular weight excluding hydrogens is 373 g/mol. The zero-order valence-corrected chi connectivity index (χ0v) is 15.4. The lowest BCUT2D eigenvalue weighted by Gasteiger charge is -2.11. The molecule has 0 saturated heterocycles. The van der Waals surface area contributed by atoms with Crippen molar-refractivity contribution in [2.45, 2.75) is 13.0 Å². The van der Waals surface area contributed by atoms with Crippen molar-refractivity contribution in [3.05, 3.63) is 66.8 Å². The van der Waals surface area contributed by atoms with Crippen LogP contribution in [0.3, 0.4) is 0 Å². The highest BCUT2D eigenvalue weighted by atomic mass is 19.1. The lowest BCUT2D eigenvalue weighted by Crippen LogP contribution is -2.07. The van der Waals surface area contributed by atoms with Gasteiger partial charge in [0.1, 0.15) is 35.0 Å². The Morgan fingerprint density at radius 2 is 2.00 bits per heavy atom. The average molecular weight is 389 g/mol. The summed E-state index contributed by atoms with van der Waals surface area (Å²) in [7, 11) is 0. The molecular formula is C19H16FN9. The van der Waals surface area contributed by atoms with Crippen LogP contribution in [0.2, 0.25) is 0 Å². The highest BCUT2D eigenvalue weighted by molar-refractivity contribution is 5.99. The molecule has 144 valence electrons. The summed E-state index contributed by atoms with van der Waals surface area (Å²) in [5.74, 6) is -0.00156. The minimum Gasteiger partial charge on any atom is -0.383 e. The van der Waals surface area contributed by atoms with Crippen LogP contribution in [0.5, 0.6) is 0 Å². The Labute approximate surface area is 164 Å². The predicted molar refractivity (Wildman–Crippen MR) is 105 cm³/mol. The van der Waals surface area contributed by atoms with Crippen molar-refractivity contribution in [2.24, 2.45) is 0 Å². The van der Waals surface area contributed by atoms with Crippen molar-refractivity contribution in [2.75, 3.05) is 5.73 Å². The average Bonchev–Trinajstić information content (AvgIpc) is 3.47. The van der Waals surface area contributed by atoms with Crippen LogP contribution in [0.15, 0.2) is 55.2 Å². The highest BCUT2D eigenvalue weighted by Gasteiger charge is 2.22. The zero-order chi connectivity index (χ0) is 20.0. The van der Waals surface area contributed by atoms with Crippen LogP contribution >= 0.6 is 0 Å². The number of nitrogens with zero attached hydrogens (tertiary/aromatic N) is 7. The molecule has 0 aliphatic carbocycles. The minimum absolute atomic E-state index is 0.236. The third-order valence-electron chi connectivity index (χ3n) is 4.87. The molecule has 0 aliphatic rings. The second kappa shape index (κ2) is 6.51. The number of para-hydroxylation sites is 1. The van der Waals surface area contributed by atoms with E-state index in [2.05, 4.69) is 30.5 Å². The zero-order valence-electron chi connectivity index (χ0n) is 15.4. The Hall–Kier alpha value is -4.08. The number of hydrogen-bond donors (Lipinski definition) is 2. The van der Waals surface area contributed by atoms with Gasteiger partial charge in [0.15, 0.2) is 0 Å². The Kier molecular flexibility index (Phi) is 3.83. The highest BCUT2D eigenvalue weighted by Crippen LogP contribution is 2.34. The number of anilines is 1. The second-order valence-corrected chi connectivity index (χ2v) is 6.58. The SMILES string of the molecule is CC(c1cn(-c2ccccc2F)nn1)n1cc(-c2cc[nH]n2)c2c(N)ncnc21. The number of H-pyrrole nitrogens is 1. The fraction of sp³-hybridized carbons (Fsp3) is 0.105. The number of aromatic nitrogens is 8. The molecule has 5 aromatic rings. The number of fused-ring (bicyclic) bond motifs is 1. The first-order valence-corrected chi connectivity index (χ1v) is 8.92. The molecule has 4 aromatic heterocycles. The third-order valence-corrected chi connectivity index (χ3v) is 4.87. The largest absolute Gasteiger partial charge is 0.383 e. The molecule has 0 aliphatic heterocycles. The number of aromatic amines is 1. The standard InChI is InChI=1S/C19H16FN9/c1-11(15-9-29(27-26-15)16-5-3-2-4-13(16)20)28-8-12(14-6-7-24-25-14)17-18(21)22-10-23-19(17)28/h2-11H,1H3,(H,24,25)(H2,21,22,23). The summed E-state index contributed by atoms with van der Waals surface area (Å²) >= 11 is 0. The maximum Gasteiger partial charge on any atom is 0.148 e. The quantitative estimate of drug-likeness (QED) is 0.488.